The van der Waals surface area contributed by atoms with Gasteiger partial charge in [-0.05, 0) is 92.4 Å². The number of benzene rings is 4. The van der Waals surface area contributed by atoms with Crippen molar-refractivity contribution in [3.63, 3.8) is 0 Å². The number of hydrogen-bond donors (Lipinski definition) is 1. The molecule has 9 nitrogen and oxygen atoms in total. The first-order valence-corrected chi connectivity index (χ1v) is 19.0. The number of carboxylic acids is 1. The number of carboxylic acid groups (broad SMARTS) is 1. The van der Waals surface area contributed by atoms with E-state index in [2.05, 4.69) is 31.9 Å². The largest absolute Gasteiger partial charge is 0.480 e. The quantitative estimate of drug-likeness (QED) is 0.185. The summed E-state index contributed by atoms with van der Waals surface area (Å²) in [6, 6.07) is 26.0. The van der Waals surface area contributed by atoms with Gasteiger partial charge < -0.3 is 5.11 Å². The molecule has 264 valence electrons. The Bertz CT molecular complexity index is 1970. The van der Waals surface area contributed by atoms with Crippen LogP contribution >= 0.6 is 31.9 Å². The van der Waals surface area contributed by atoms with Gasteiger partial charge in [0.05, 0.1) is 16.3 Å². The van der Waals surface area contributed by atoms with E-state index in [4.69, 9.17) is 5.11 Å². The molecule has 0 atom stereocenters. The molecule has 4 aromatic rings. The zero-order valence-corrected chi connectivity index (χ0v) is 30.6. The molecule has 1 aliphatic heterocycles. The van der Waals surface area contributed by atoms with Gasteiger partial charge in [-0.3, -0.25) is 9.59 Å². The number of aliphatic carboxylic acids is 1. The number of Topliss-reactive ketones (excluding diaryl/α,β-unsaturated/α-hetero) is 1. The average Bonchev–Trinajstić information content (AvgIpc) is 3.18. The molecule has 0 fully saturated rings. The third kappa shape index (κ3) is 11.1. The Morgan fingerprint density at radius 3 is 1.96 bits per heavy atom. The molecular weight excluding hydrogens is 796 g/mol. The summed E-state index contributed by atoms with van der Waals surface area (Å²) in [4.78, 5) is 23.9. The second kappa shape index (κ2) is 18.2. The number of fused-ring (bicyclic) bond motifs is 1. The Labute approximate surface area is 307 Å². The highest BCUT2D eigenvalue weighted by Gasteiger charge is 2.30. The van der Waals surface area contributed by atoms with E-state index < -0.39 is 32.6 Å². The van der Waals surface area contributed by atoms with Crippen LogP contribution in [0.4, 0.5) is 0 Å². The first kappa shape index (κ1) is 42.0. The summed E-state index contributed by atoms with van der Waals surface area (Å²) in [5.74, 6) is -1.35. The van der Waals surface area contributed by atoms with Crippen molar-refractivity contribution in [1.29, 1.82) is 0 Å². The lowest BCUT2D eigenvalue weighted by molar-refractivity contribution is -0.137. The molecule has 0 spiro atoms. The normalized spacial score (nSPS) is 13.2. The van der Waals surface area contributed by atoms with Crippen LogP contribution in [0.2, 0.25) is 0 Å². The van der Waals surface area contributed by atoms with Gasteiger partial charge in [0.1, 0.15) is 6.54 Å². The van der Waals surface area contributed by atoms with E-state index in [0.29, 0.717) is 24.9 Å². The van der Waals surface area contributed by atoms with Crippen molar-refractivity contribution in [3.8, 4) is 0 Å². The highest BCUT2D eigenvalue weighted by Crippen LogP contribution is 2.25. The van der Waals surface area contributed by atoms with Crippen LogP contribution in [0.1, 0.15) is 47.5 Å². The maximum atomic E-state index is 12.8. The summed E-state index contributed by atoms with van der Waals surface area (Å²) in [7, 11) is -7.51. The summed E-state index contributed by atoms with van der Waals surface area (Å²) in [6.07, 6.45) is 0.948. The van der Waals surface area contributed by atoms with Crippen molar-refractivity contribution in [2.75, 3.05) is 26.2 Å². The second-order valence-corrected chi connectivity index (χ2v) is 16.8. The topological polar surface area (TPSA) is 129 Å². The van der Waals surface area contributed by atoms with Crippen molar-refractivity contribution in [1.82, 2.24) is 8.61 Å². The average molecular weight is 839 g/mol. The molecule has 0 amide bonds. The summed E-state index contributed by atoms with van der Waals surface area (Å²) in [6.45, 7) is 3.47. The fourth-order valence-corrected chi connectivity index (χ4v) is 8.56. The van der Waals surface area contributed by atoms with E-state index in [1.54, 1.807) is 48.5 Å². The molecule has 0 radical (unpaired) electrons. The first-order chi connectivity index (χ1) is 22.2. The number of carbonyl (C=O) groups excluding carboxylic acids is 1. The number of nitrogens with zero attached hydrogens (tertiary/aromatic N) is 2. The third-order valence-corrected chi connectivity index (χ3v) is 12.2. The first-order valence-electron chi connectivity index (χ1n) is 14.6. The van der Waals surface area contributed by atoms with Crippen LogP contribution in [0.25, 0.3) is 0 Å². The Balaban J connectivity index is 0.000000327. The molecule has 1 aliphatic rings. The van der Waals surface area contributed by atoms with Crippen molar-refractivity contribution in [2.45, 2.75) is 51.3 Å². The van der Waals surface area contributed by atoms with Crippen molar-refractivity contribution in [2.24, 2.45) is 0 Å². The molecule has 0 saturated carbocycles. The lowest BCUT2D eigenvalue weighted by Gasteiger charge is -2.20. The summed E-state index contributed by atoms with van der Waals surface area (Å²) in [5, 5.41) is 9.07. The Morgan fingerprint density at radius 1 is 0.816 bits per heavy atom. The predicted octanol–water partition coefficient (Wildman–Crippen LogP) is 7.53. The molecule has 0 unspecified atom stereocenters. The maximum absolute atomic E-state index is 12.8. The number of carbonyl (C=O) groups is 2. The summed E-state index contributed by atoms with van der Waals surface area (Å²) >= 11 is 6.76. The monoisotopic (exact) mass is 836 g/mol. The molecule has 0 saturated heterocycles. The molecule has 1 N–H and O–H groups in total. The Kier molecular flexibility index (Phi) is 15.6. The number of rotatable bonds is 9. The third-order valence-electron chi connectivity index (χ3n) is 7.49. The molecule has 4 aromatic carbocycles. The molecule has 0 aliphatic carbocycles. The molecule has 49 heavy (non-hydrogen) atoms. The molecule has 1 heterocycles. The van der Waals surface area contributed by atoms with E-state index in [1.807, 2.05) is 44.2 Å². The molecule has 0 bridgehead atoms. The Hall–Kier alpha value is -3.20. The van der Waals surface area contributed by atoms with Gasteiger partial charge in [0.25, 0.3) is 0 Å². The lowest BCUT2D eigenvalue weighted by atomic mass is 10.0. The molecule has 13 heteroatoms. The van der Waals surface area contributed by atoms with E-state index in [-0.39, 0.29) is 43.5 Å². The minimum atomic E-state index is -3.85. The van der Waals surface area contributed by atoms with Crippen LogP contribution in [-0.2, 0) is 37.7 Å². The number of hydrogen-bond acceptors (Lipinski definition) is 6. The van der Waals surface area contributed by atoms with E-state index in [0.717, 1.165) is 35.5 Å². The van der Waals surface area contributed by atoms with E-state index in [1.165, 1.54) is 16.4 Å². The maximum Gasteiger partial charge on any atom is 0.318 e. The van der Waals surface area contributed by atoms with Crippen LogP contribution in [0.15, 0.2) is 110 Å². The minimum Gasteiger partial charge on any atom is -0.480 e. The van der Waals surface area contributed by atoms with Crippen LogP contribution in [-0.4, -0.2) is 68.5 Å². The zero-order valence-electron chi connectivity index (χ0n) is 25.8. The van der Waals surface area contributed by atoms with E-state index in [9.17, 15) is 26.4 Å². The van der Waals surface area contributed by atoms with Gasteiger partial charge >= 0.3 is 5.97 Å². The van der Waals surface area contributed by atoms with Gasteiger partial charge in [-0.15, -0.1) is 0 Å². The fraction of sp³-hybridized carbons (Fsp3) is 0.278. The van der Waals surface area contributed by atoms with E-state index >= 15 is 0 Å². The van der Waals surface area contributed by atoms with Gasteiger partial charge in [-0.2, -0.15) is 8.61 Å². The van der Waals surface area contributed by atoms with Crippen molar-refractivity contribution in [3.05, 3.63) is 128 Å². The fourth-order valence-electron chi connectivity index (χ4n) is 4.92. The lowest BCUT2D eigenvalue weighted by Crippen LogP contribution is -2.37. The number of sulfonamides is 2. The number of halogens is 2. The van der Waals surface area contributed by atoms with Gasteiger partial charge in [-0.25, -0.2) is 16.8 Å². The molecule has 0 aromatic heterocycles. The standard InChI is InChI=1S/C17H18BrNO4S.C17H16BrNO3S.2CH4/c1-13-5-7-16(8-6-13)24(22,23)19(12-17(20)21)10-9-14-3-2-4-15(18)11-14;1-12-2-5-15(6-3-12)23(21,22)19-9-8-13-10-14(18)4-7-16(13)17(20)11-19;;/h2-8,11H,9-10,12H2,1H3,(H,20,21);2-7,10H,8-9,11H2,1H3;2*1H4. The van der Waals surface area contributed by atoms with Crippen LogP contribution in [0.5, 0.6) is 0 Å². The van der Waals surface area contributed by atoms with Crippen molar-refractivity contribution >= 4 is 63.7 Å². The zero-order chi connectivity index (χ0) is 34.4. The summed E-state index contributed by atoms with van der Waals surface area (Å²) in [5.41, 5.74) is 4.35. The predicted molar refractivity (Wildman–Crippen MR) is 201 cm³/mol. The SMILES string of the molecule is C.C.Cc1ccc(S(=O)(=O)N(CCc2cccc(Br)c2)CC(=O)O)cc1.Cc1ccc(S(=O)(=O)N2CCc3cc(Br)ccc3C(=O)C2)cc1. The number of ketones is 1. The van der Waals surface area contributed by atoms with Gasteiger partial charge in [0.15, 0.2) is 5.78 Å². The molecular formula is C36H42Br2N2O7S2. The van der Waals surface area contributed by atoms with Crippen molar-refractivity contribution < 1.29 is 31.5 Å². The van der Waals surface area contributed by atoms with Gasteiger partial charge in [0.2, 0.25) is 20.0 Å². The number of aryl methyl sites for hydroxylation is 2. The van der Waals surface area contributed by atoms with Gasteiger partial charge in [0, 0.05) is 27.6 Å². The van der Waals surface area contributed by atoms with Crippen LogP contribution in [0.3, 0.4) is 0 Å². The van der Waals surface area contributed by atoms with Gasteiger partial charge in [-0.1, -0.05) is 94.2 Å². The smallest absolute Gasteiger partial charge is 0.318 e. The minimum absolute atomic E-state index is 0. The van der Waals surface area contributed by atoms with Crippen LogP contribution in [0, 0.1) is 13.8 Å². The molecule has 5 rings (SSSR count). The highest BCUT2D eigenvalue weighted by atomic mass is 79.9. The summed E-state index contributed by atoms with van der Waals surface area (Å²) < 4.78 is 55.1. The van der Waals surface area contributed by atoms with Crippen LogP contribution < -0.4 is 0 Å². The Morgan fingerprint density at radius 2 is 1.39 bits per heavy atom. The second-order valence-electron chi connectivity index (χ2n) is 11.1. The highest BCUT2D eigenvalue weighted by molar-refractivity contribution is 9.10.